The number of imidazole rings is 1. The van der Waals surface area contributed by atoms with Crippen molar-refractivity contribution in [2.24, 2.45) is 0 Å². The van der Waals surface area contributed by atoms with Gasteiger partial charge in [0.25, 0.3) is 0 Å². The molecule has 0 aliphatic heterocycles. The van der Waals surface area contributed by atoms with Gasteiger partial charge in [-0.15, -0.1) is 0 Å². The maximum atomic E-state index is 4.75. The summed E-state index contributed by atoms with van der Waals surface area (Å²) < 4.78 is 2.31. The quantitative estimate of drug-likeness (QED) is 0.301. The summed E-state index contributed by atoms with van der Waals surface area (Å²) in [4.78, 5) is 4.75. The molecular formula is C29H32N2. The maximum absolute atomic E-state index is 4.75. The zero-order chi connectivity index (χ0) is 21.8. The summed E-state index contributed by atoms with van der Waals surface area (Å²) in [6.45, 7) is 9.22. The van der Waals surface area contributed by atoms with E-state index < -0.39 is 0 Å². The molecule has 0 saturated carbocycles. The molecule has 31 heavy (non-hydrogen) atoms. The Morgan fingerprint density at radius 1 is 0.774 bits per heavy atom. The fourth-order valence-electron chi connectivity index (χ4n) is 4.44. The fraction of sp³-hybridized carbons (Fsp3) is 0.276. The van der Waals surface area contributed by atoms with Crippen LogP contribution < -0.4 is 0 Å². The first-order valence-corrected chi connectivity index (χ1v) is 11.4. The van der Waals surface area contributed by atoms with Crippen molar-refractivity contribution in [3.05, 3.63) is 96.3 Å². The molecule has 4 aromatic rings. The van der Waals surface area contributed by atoms with E-state index in [-0.39, 0.29) is 0 Å². The Morgan fingerprint density at radius 2 is 1.39 bits per heavy atom. The number of benzene rings is 3. The Bertz CT molecular complexity index is 1120. The SMILES string of the molecule is CCCC(C)c1cc(-c2ccccc2)cc(C(C)C)c1-n1ccnc1-c1ccccc1. The molecule has 0 fully saturated rings. The van der Waals surface area contributed by atoms with Crippen LogP contribution >= 0.6 is 0 Å². The van der Waals surface area contributed by atoms with Crippen LogP contribution in [0.3, 0.4) is 0 Å². The largest absolute Gasteiger partial charge is 0.299 e. The highest BCUT2D eigenvalue weighted by Gasteiger charge is 2.21. The first-order valence-electron chi connectivity index (χ1n) is 11.4. The molecule has 3 aromatic carbocycles. The lowest BCUT2D eigenvalue weighted by molar-refractivity contribution is 0.658. The van der Waals surface area contributed by atoms with Gasteiger partial charge >= 0.3 is 0 Å². The first kappa shape index (κ1) is 21.1. The van der Waals surface area contributed by atoms with Crippen molar-refractivity contribution in [2.75, 3.05) is 0 Å². The monoisotopic (exact) mass is 408 g/mol. The minimum atomic E-state index is 0.400. The molecule has 1 atom stereocenters. The molecule has 1 unspecified atom stereocenters. The predicted octanol–water partition coefficient (Wildman–Crippen LogP) is 8.23. The van der Waals surface area contributed by atoms with E-state index in [2.05, 4.69) is 111 Å². The Morgan fingerprint density at radius 3 is 2.00 bits per heavy atom. The van der Waals surface area contributed by atoms with Gasteiger partial charge in [0, 0.05) is 18.0 Å². The van der Waals surface area contributed by atoms with Crippen molar-refractivity contribution in [1.82, 2.24) is 9.55 Å². The number of rotatable bonds is 7. The van der Waals surface area contributed by atoms with Crippen LogP contribution in [0.4, 0.5) is 0 Å². The van der Waals surface area contributed by atoms with Crippen LogP contribution in [-0.4, -0.2) is 9.55 Å². The Labute approximate surface area is 186 Å². The van der Waals surface area contributed by atoms with E-state index in [0.717, 1.165) is 17.8 Å². The highest BCUT2D eigenvalue weighted by molar-refractivity contribution is 5.71. The van der Waals surface area contributed by atoms with Crippen LogP contribution in [-0.2, 0) is 0 Å². The molecule has 0 aliphatic rings. The van der Waals surface area contributed by atoms with E-state index in [1.54, 1.807) is 0 Å². The molecular weight excluding hydrogens is 376 g/mol. The first-order chi connectivity index (χ1) is 15.1. The molecule has 2 heteroatoms. The Hall–Kier alpha value is -3.13. The normalized spacial score (nSPS) is 12.3. The summed E-state index contributed by atoms with van der Waals surface area (Å²) in [5.41, 5.74) is 7.79. The molecule has 4 rings (SSSR count). The summed E-state index contributed by atoms with van der Waals surface area (Å²) in [6, 6.07) is 26.0. The van der Waals surface area contributed by atoms with Gasteiger partial charge in [-0.05, 0) is 52.6 Å². The van der Waals surface area contributed by atoms with Crippen LogP contribution in [0.25, 0.3) is 28.2 Å². The van der Waals surface area contributed by atoms with Crippen LogP contribution in [0, 0.1) is 0 Å². The summed E-state index contributed by atoms with van der Waals surface area (Å²) in [5.74, 6) is 1.87. The second-order valence-corrected chi connectivity index (χ2v) is 8.70. The smallest absolute Gasteiger partial charge is 0.144 e. The third-order valence-electron chi connectivity index (χ3n) is 6.06. The second kappa shape index (κ2) is 9.34. The topological polar surface area (TPSA) is 17.8 Å². The molecule has 1 heterocycles. The van der Waals surface area contributed by atoms with E-state index in [0.29, 0.717) is 11.8 Å². The summed E-state index contributed by atoms with van der Waals surface area (Å²) in [7, 11) is 0. The molecule has 0 radical (unpaired) electrons. The van der Waals surface area contributed by atoms with Gasteiger partial charge in [0.2, 0.25) is 0 Å². The zero-order valence-corrected chi connectivity index (χ0v) is 19.0. The van der Waals surface area contributed by atoms with Crippen molar-refractivity contribution in [2.45, 2.75) is 52.4 Å². The lowest BCUT2D eigenvalue weighted by atomic mass is 9.86. The van der Waals surface area contributed by atoms with Gasteiger partial charge in [-0.3, -0.25) is 4.57 Å². The number of hydrogen-bond donors (Lipinski definition) is 0. The van der Waals surface area contributed by atoms with Gasteiger partial charge in [-0.1, -0.05) is 94.8 Å². The third kappa shape index (κ3) is 4.34. The Balaban J connectivity index is 1.99. The molecule has 0 bridgehead atoms. The highest BCUT2D eigenvalue weighted by atomic mass is 15.1. The van der Waals surface area contributed by atoms with E-state index in [1.165, 1.54) is 34.4 Å². The summed E-state index contributed by atoms with van der Waals surface area (Å²) >= 11 is 0. The van der Waals surface area contributed by atoms with Crippen LogP contribution in [0.2, 0.25) is 0 Å². The fourth-order valence-corrected chi connectivity index (χ4v) is 4.44. The lowest BCUT2D eigenvalue weighted by Gasteiger charge is -2.25. The van der Waals surface area contributed by atoms with Gasteiger partial charge in [0.1, 0.15) is 5.82 Å². The highest BCUT2D eigenvalue weighted by Crippen LogP contribution is 2.38. The van der Waals surface area contributed by atoms with E-state index >= 15 is 0 Å². The summed E-state index contributed by atoms with van der Waals surface area (Å²) in [6.07, 6.45) is 6.38. The number of hydrogen-bond acceptors (Lipinski definition) is 1. The van der Waals surface area contributed by atoms with E-state index in [4.69, 9.17) is 4.98 Å². The van der Waals surface area contributed by atoms with Crippen molar-refractivity contribution in [3.8, 4) is 28.2 Å². The third-order valence-corrected chi connectivity index (χ3v) is 6.06. The van der Waals surface area contributed by atoms with E-state index in [1.807, 2.05) is 6.20 Å². The molecule has 0 spiro atoms. The van der Waals surface area contributed by atoms with Crippen molar-refractivity contribution >= 4 is 0 Å². The zero-order valence-electron chi connectivity index (χ0n) is 19.0. The molecule has 0 amide bonds. The average Bonchev–Trinajstić information content (AvgIpc) is 3.29. The maximum Gasteiger partial charge on any atom is 0.144 e. The molecule has 0 aliphatic carbocycles. The van der Waals surface area contributed by atoms with Crippen molar-refractivity contribution < 1.29 is 0 Å². The number of aromatic nitrogens is 2. The van der Waals surface area contributed by atoms with Crippen molar-refractivity contribution in [1.29, 1.82) is 0 Å². The predicted molar refractivity (Wildman–Crippen MR) is 132 cm³/mol. The second-order valence-electron chi connectivity index (χ2n) is 8.70. The minimum absolute atomic E-state index is 0.400. The van der Waals surface area contributed by atoms with E-state index in [9.17, 15) is 0 Å². The van der Waals surface area contributed by atoms with Gasteiger partial charge in [-0.2, -0.15) is 0 Å². The van der Waals surface area contributed by atoms with Crippen LogP contribution in [0.5, 0.6) is 0 Å². The summed E-state index contributed by atoms with van der Waals surface area (Å²) in [5, 5.41) is 0. The van der Waals surface area contributed by atoms with Crippen molar-refractivity contribution in [3.63, 3.8) is 0 Å². The Kier molecular flexibility index (Phi) is 6.36. The van der Waals surface area contributed by atoms with Gasteiger partial charge in [-0.25, -0.2) is 4.98 Å². The molecule has 0 N–H and O–H groups in total. The molecule has 0 saturated heterocycles. The van der Waals surface area contributed by atoms with Gasteiger partial charge < -0.3 is 0 Å². The lowest BCUT2D eigenvalue weighted by Crippen LogP contribution is -2.09. The van der Waals surface area contributed by atoms with Gasteiger partial charge in [0.15, 0.2) is 0 Å². The molecule has 2 nitrogen and oxygen atoms in total. The van der Waals surface area contributed by atoms with Crippen LogP contribution in [0.1, 0.15) is 63.5 Å². The van der Waals surface area contributed by atoms with Crippen LogP contribution in [0.15, 0.2) is 85.2 Å². The average molecular weight is 409 g/mol. The molecule has 1 aromatic heterocycles. The number of nitrogens with zero attached hydrogens (tertiary/aromatic N) is 2. The minimum Gasteiger partial charge on any atom is -0.299 e. The van der Waals surface area contributed by atoms with Gasteiger partial charge in [0.05, 0.1) is 5.69 Å². The standard InChI is InChI=1S/C29H32N2/c1-5-12-22(4)27-20-25(23-13-8-6-9-14-23)19-26(21(2)3)28(27)31-18-17-30-29(31)24-15-10-7-11-16-24/h6-11,13-22H,5,12H2,1-4H3. The molecule has 158 valence electrons.